The summed E-state index contributed by atoms with van der Waals surface area (Å²) < 4.78 is 5.78. The van der Waals surface area contributed by atoms with Crippen molar-refractivity contribution in [2.24, 2.45) is 5.73 Å². The molecular formula is C17H22N2O. The van der Waals surface area contributed by atoms with Gasteiger partial charge in [0.25, 0.3) is 0 Å². The largest absolute Gasteiger partial charge is 0.439 e. The van der Waals surface area contributed by atoms with Crippen LogP contribution in [0.5, 0.6) is 11.6 Å². The van der Waals surface area contributed by atoms with Crippen molar-refractivity contribution in [2.45, 2.75) is 33.1 Å². The summed E-state index contributed by atoms with van der Waals surface area (Å²) in [5.41, 5.74) is 9.25. The van der Waals surface area contributed by atoms with E-state index >= 15 is 0 Å². The van der Waals surface area contributed by atoms with Gasteiger partial charge in [0.05, 0.1) is 0 Å². The van der Waals surface area contributed by atoms with Crippen LogP contribution in [-0.2, 0) is 6.42 Å². The number of ether oxygens (including phenoxy) is 1. The minimum atomic E-state index is 0.526. The maximum Gasteiger partial charge on any atom is 0.219 e. The number of aromatic nitrogens is 1. The predicted octanol–water partition coefficient (Wildman–Crippen LogP) is 3.81. The molecule has 106 valence electrons. The Balaban J connectivity index is 2.11. The average molecular weight is 270 g/mol. The molecule has 1 aromatic carbocycles. The first kappa shape index (κ1) is 14.5. The first-order valence-corrected chi connectivity index (χ1v) is 7.03. The summed E-state index contributed by atoms with van der Waals surface area (Å²) in [4.78, 5) is 4.30. The summed E-state index contributed by atoms with van der Waals surface area (Å²) in [5.74, 6) is 1.96. The number of hydrogen-bond acceptors (Lipinski definition) is 3. The van der Waals surface area contributed by atoms with Crippen molar-refractivity contribution in [3.05, 3.63) is 53.2 Å². The van der Waals surface area contributed by atoms with Gasteiger partial charge in [0, 0.05) is 12.3 Å². The summed E-state index contributed by atoms with van der Waals surface area (Å²) in [5, 5.41) is 0. The minimum Gasteiger partial charge on any atom is -0.439 e. The minimum absolute atomic E-state index is 0.526. The van der Waals surface area contributed by atoms with E-state index in [-0.39, 0.29) is 0 Å². The van der Waals surface area contributed by atoms with Gasteiger partial charge in [0.2, 0.25) is 5.88 Å². The monoisotopic (exact) mass is 270 g/mol. The molecule has 3 nitrogen and oxygen atoms in total. The molecule has 2 N–H and O–H groups in total. The molecule has 0 amide bonds. The van der Waals surface area contributed by atoms with Crippen molar-refractivity contribution in [3.8, 4) is 11.6 Å². The molecule has 0 aliphatic carbocycles. The Kier molecular flexibility index (Phi) is 4.74. The van der Waals surface area contributed by atoms with Crippen molar-refractivity contribution in [1.82, 2.24) is 4.98 Å². The Morgan fingerprint density at radius 1 is 1.20 bits per heavy atom. The van der Waals surface area contributed by atoms with Crippen LogP contribution in [0.1, 0.15) is 36.5 Å². The van der Waals surface area contributed by atoms with Crippen LogP contribution >= 0.6 is 0 Å². The van der Waals surface area contributed by atoms with Crippen molar-refractivity contribution in [1.29, 1.82) is 0 Å². The number of aryl methyl sites for hydroxylation is 1. The van der Waals surface area contributed by atoms with Crippen LogP contribution in [0, 0.1) is 6.92 Å². The maximum atomic E-state index is 5.78. The molecule has 2 aromatic rings. The molecule has 0 spiro atoms. The van der Waals surface area contributed by atoms with Gasteiger partial charge in [0.1, 0.15) is 5.75 Å². The van der Waals surface area contributed by atoms with E-state index < -0.39 is 0 Å². The number of pyridine rings is 1. The molecule has 3 heteroatoms. The zero-order valence-corrected chi connectivity index (χ0v) is 12.4. The smallest absolute Gasteiger partial charge is 0.219 e. The fraction of sp³-hybridized carbons (Fsp3) is 0.353. The molecule has 0 aliphatic rings. The second-order valence-corrected chi connectivity index (χ2v) is 5.32. The topological polar surface area (TPSA) is 48.1 Å². The number of nitrogens with two attached hydrogens (primary N) is 1. The Hall–Kier alpha value is -1.87. The van der Waals surface area contributed by atoms with E-state index in [4.69, 9.17) is 10.5 Å². The van der Waals surface area contributed by atoms with E-state index in [0.717, 1.165) is 17.7 Å². The second kappa shape index (κ2) is 6.53. The lowest BCUT2D eigenvalue weighted by Crippen LogP contribution is -2.02. The van der Waals surface area contributed by atoms with Crippen LogP contribution in [0.15, 0.2) is 36.5 Å². The highest BCUT2D eigenvalue weighted by molar-refractivity contribution is 5.38. The van der Waals surface area contributed by atoms with Gasteiger partial charge < -0.3 is 10.5 Å². The van der Waals surface area contributed by atoms with Crippen molar-refractivity contribution < 1.29 is 4.74 Å². The lowest BCUT2D eigenvalue weighted by molar-refractivity contribution is 0.462. The normalized spacial score (nSPS) is 10.8. The van der Waals surface area contributed by atoms with Crippen molar-refractivity contribution in [3.63, 3.8) is 0 Å². The first-order valence-electron chi connectivity index (χ1n) is 7.03. The van der Waals surface area contributed by atoms with Crippen LogP contribution in [-0.4, -0.2) is 11.5 Å². The van der Waals surface area contributed by atoms with Crippen LogP contribution in [0.25, 0.3) is 0 Å². The van der Waals surface area contributed by atoms with Crippen LogP contribution < -0.4 is 10.5 Å². The molecule has 0 aliphatic heterocycles. The van der Waals surface area contributed by atoms with Crippen LogP contribution in [0.3, 0.4) is 0 Å². The number of rotatable bonds is 5. The molecule has 0 saturated carbocycles. The third-order valence-electron chi connectivity index (χ3n) is 3.32. The van der Waals surface area contributed by atoms with E-state index in [0.29, 0.717) is 18.3 Å². The van der Waals surface area contributed by atoms with E-state index in [1.54, 1.807) is 0 Å². The molecule has 20 heavy (non-hydrogen) atoms. The average Bonchev–Trinajstić information content (AvgIpc) is 2.41. The standard InChI is InChI=1S/C17H22N2O/c1-12(2)16-6-5-15(10-13(16)3)20-17-7-4-14(8-9-18)11-19-17/h4-7,10-12H,8-9,18H2,1-3H3. The summed E-state index contributed by atoms with van der Waals surface area (Å²) in [6, 6.07) is 10.1. The predicted molar refractivity (Wildman–Crippen MR) is 82.3 cm³/mol. The molecular weight excluding hydrogens is 248 g/mol. The van der Waals surface area contributed by atoms with Gasteiger partial charge in [-0.1, -0.05) is 26.0 Å². The third-order valence-corrected chi connectivity index (χ3v) is 3.32. The molecule has 0 fully saturated rings. The molecule has 1 heterocycles. The summed E-state index contributed by atoms with van der Waals surface area (Å²) >= 11 is 0. The molecule has 0 saturated heterocycles. The summed E-state index contributed by atoms with van der Waals surface area (Å²) in [7, 11) is 0. The SMILES string of the molecule is Cc1cc(Oc2ccc(CCN)cn2)ccc1C(C)C. The zero-order valence-electron chi connectivity index (χ0n) is 12.4. The summed E-state index contributed by atoms with van der Waals surface area (Å²) in [6.07, 6.45) is 2.66. The highest BCUT2D eigenvalue weighted by Gasteiger charge is 2.06. The van der Waals surface area contributed by atoms with E-state index in [9.17, 15) is 0 Å². The Morgan fingerprint density at radius 2 is 2.00 bits per heavy atom. The summed E-state index contributed by atoms with van der Waals surface area (Å²) in [6.45, 7) is 7.14. The van der Waals surface area contributed by atoms with E-state index in [2.05, 4.69) is 37.9 Å². The molecule has 1 aromatic heterocycles. The van der Waals surface area contributed by atoms with Gasteiger partial charge >= 0.3 is 0 Å². The van der Waals surface area contributed by atoms with Gasteiger partial charge in [-0.05, 0) is 54.6 Å². The number of hydrogen-bond donors (Lipinski definition) is 1. The van der Waals surface area contributed by atoms with E-state index in [1.165, 1.54) is 11.1 Å². The lowest BCUT2D eigenvalue weighted by Gasteiger charge is -2.12. The number of nitrogens with zero attached hydrogens (tertiary/aromatic N) is 1. The first-order chi connectivity index (χ1) is 9.60. The third kappa shape index (κ3) is 3.58. The molecule has 0 bridgehead atoms. The van der Waals surface area contributed by atoms with Gasteiger partial charge in [0.15, 0.2) is 0 Å². The van der Waals surface area contributed by atoms with E-state index in [1.807, 2.05) is 24.4 Å². The molecule has 0 unspecified atom stereocenters. The quantitative estimate of drug-likeness (QED) is 0.898. The Bertz CT molecular complexity index is 562. The molecule has 0 radical (unpaired) electrons. The molecule has 0 atom stereocenters. The highest BCUT2D eigenvalue weighted by atomic mass is 16.5. The second-order valence-electron chi connectivity index (χ2n) is 5.32. The maximum absolute atomic E-state index is 5.78. The Morgan fingerprint density at radius 3 is 2.55 bits per heavy atom. The van der Waals surface area contributed by atoms with Crippen molar-refractivity contribution >= 4 is 0 Å². The molecule has 2 rings (SSSR count). The van der Waals surface area contributed by atoms with Crippen LogP contribution in [0.4, 0.5) is 0 Å². The fourth-order valence-electron chi connectivity index (χ4n) is 2.27. The van der Waals surface area contributed by atoms with Gasteiger partial charge in [-0.15, -0.1) is 0 Å². The van der Waals surface area contributed by atoms with Crippen LogP contribution in [0.2, 0.25) is 0 Å². The zero-order chi connectivity index (χ0) is 14.5. The van der Waals surface area contributed by atoms with Gasteiger partial charge in [-0.25, -0.2) is 4.98 Å². The Labute approximate surface area is 120 Å². The lowest BCUT2D eigenvalue weighted by atomic mass is 9.98. The fourth-order valence-corrected chi connectivity index (χ4v) is 2.27. The number of benzene rings is 1. The van der Waals surface area contributed by atoms with Gasteiger partial charge in [-0.3, -0.25) is 0 Å². The van der Waals surface area contributed by atoms with Gasteiger partial charge in [-0.2, -0.15) is 0 Å². The highest BCUT2D eigenvalue weighted by Crippen LogP contribution is 2.26. The van der Waals surface area contributed by atoms with Crippen molar-refractivity contribution in [2.75, 3.05) is 6.54 Å².